The molecule has 0 aliphatic carbocycles. The Labute approximate surface area is 177 Å². The van der Waals surface area contributed by atoms with Gasteiger partial charge in [0.05, 0.1) is 16.5 Å². The summed E-state index contributed by atoms with van der Waals surface area (Å²) in [5.74, 6) is -0.110. The molecular weight excluding hydrogens is 406 g/mol. The third-order valence-corrected chi connectivity index (χ3v) is 8.19. The first-order valence-corrected chi connectivity index (χ1v) is 12.2. The van der Waals surface area contributed by atoms with Crippen molar-refractivity contribution in [3.63, 3.8) is 0 Å². The van der Waals surface area contributed by atoms with Gasteiger partial charge in [0.15, 0.2) is 6.61 Å². The van der Waals surface area contributed by atoms with Crippen molar-refractivity contribution < 1.29 is 22.7 Å². The molecule has 3 aliphatic rings. The molecule has 0 bridgehead atoms. The van der Waals surface area contributed by atoms with Crippen molar-refractivity contribution in [1.82, 2.24) is 9.21 Å². The van der Waals surface area contributed by atoms with Gasteiger partial charge in [-0.3, -0.25) is 9.59 Å². The SMILES string of the molecule is Cc1cc2c(cc1S(=O)(=O)N1CCCC(C(=O)N3CCCCCC3)C1)OCC(=O)N2. The molecular formula is C21H29N3O5S. The summed E-state index contributed by atoms with van der Waals surface area (Å²) >= 11 is 0. The fourth-order valence-corrected chi connectivity index (χ4v) is 6.29. The highest BCUT2D eigenvalue weighted by Crippen LogP contribution is 2.35. The number of piperidine rings is 1. The lowest BCUT2D eigenvalue weighted by Crippen LogP contribution is -2.47. The summed E-state index contributed by atoms with van der Waals surface area (Å²) in [6.45, 7) is 3.74. The average Bonchev–Trinajstić information content (AvgIpc) is 3.02. The third-order valence-electron chi connectivity index (χ3n) is 6.18. The maximum Gasteiger partial charge on any atom is 0.262 e. The number of carbonyl (C=O) groups is 2. The number of hydrogen-bond acceptors (Lipinski definition) is 5. The zero-order valence-corrected chi connectivity index (χ0v) is 18.2. The van der Waals surface area contributed by atoms with Crippen LogP contribution in [0.15, 0.2) is 17.0 Å². The molecule has 2 amide bonds. The molecule has 2 fully saturated rings. The molecule has 1 atom stereocenters. The molecule has 2 saturated heterocycles. The van der Waals surface area contributed by atoms with Gasteiger partial charge in [-0.05, 0) is 44.2 Å². The smallest absolute Gasteiger partial charge is 0.262 e. The fraction of sp³-hybridized carbons (Fsp3) is 0.619. The number of sulfonamides is 1. The Morgan fingerprint density at radius 3 is 2.57 bits per heavy atom. The van der Waals surface area contributed by atoms with Crippen LogP contribution < -0.4 is 10.1 Å². The number of aryl methyl sites for hydroxylation is 1. The number of ether oxygens (including phenoxy) is 1. The zero-order chi connectivity index (χ0) is 21.3. The van der Waals surface area contributed by atoms with Gasteiger partial charge in [0.25, 0.3) is 5.91 Å². The molecule has 8 nitrogen and oxygen atoms in total. The molecule has 3 heterocycles. The van der Waals surface area contributed by atoms with Crippen LogP contribution >= 0.6 is 0 Å². The molecule has 30 heavy (non-hydrogen) atoms. The number of carbonyl (C=O) groups excluding carboxylic acids is 2. The van der Waals surface area contributed by atoms with Gasteiger partial charge < -0.3 is 15.0 Å². The predicted molar refractivity (Wildman–Crippen MR) is 112 cm³/mol. The van der Waals surface area contributed by atoms with E-state index in [-0.39, 0.29) is 35.8 Å². The van der Waals surface area contributed by atoms with Gasteiger partial charge in [-0.15, -0.1) is 0 Å². The van der Waals surface area contributed by atoms with Crippen molar-refractivity contribution in [1.29, 1.82) is 0 Å². The third kappa shape index (κ3) is 4.18. The molecule has 0 spiro atoms. The maximum atomic E-state index is 13.4. The van der Waals surface area contributed by atoms with E-state index in [2.05, 4.69) is 5.32 Å². The van der Waals surface area contributed by atoms with Crippen LogP contribution in [0, 0.1) is 12.8 Å². The van der Waals surface area contributed by atoms with Crippen LogP contribution in [0.5, 0.6) is 5.75 Å². The highest BCUT2D eigenvalue weighted by Gasteiger charge is 2.36. The minimum atomic E-state index is -3.77. The molecule has 1 aromatic carbocycles. The van der Waals surface area contributed by atoms with E-state index in [0.29, 0.717) is 30.0 Å². The van der Waals surface area contributed by atoms with E-state index in [1.807, 2.05) is 4.90 Å². The zero-order valence-electron chi connectivity index (χ0n) is 17.4. The lowest BCUT2D eigenvalue weighted by Gasteiger charge is -2.34. The van der Waals surface area contributed by atoms with Crippen molar-refractivity contribution in [2.45, 2.75) is 50.3 Å². The van der Waals surface area contributed by atoms with E-state index in [1.54, 1.807) is 13.0 Å². The van der Waals surface area contributed by atoms with Gasteiger partial charge in [-0.25, -0.2) is 8.42 Å². The van der Waals surface area contributed by atoms with Crippen molar-refractivity contribution in [3.05, 3.63) is 17.7 Å². The highest BCUT2D eigenvalue weighted by atomic mass is 32.2. The van der Waals surface area contributed by atoms with Crippen LogP contribution in [0.1, 0.15) is 44.1 Å². The van der Waals surface area contributed by atoms with E-state index in [9.17, 15) is 18.0 Å². The fourth-order valence-electron chi connectivity index (χ4n) is 4.54. The number of amides is 2. The molecule has 0 aromatic heterocycles. The van der Waals surface area contributed by atoms with Crippen LogP contribution in [-0.4, -0.2) is 62.2 Å². The second-order valence-electron chi connectivity index (χ2n) is 8.39. The number of benzene rings is 1. The number of rotatable bonds is 3. The standard InChI is InChI=1S/C21H29N3O5S/c1-15-11-17-18(29-14-20(25)22-17)12-19(15)30(27,28)24-10-6-7-16(13-24)21(26)23-8-4-2-3-5-9-23/h11-12,16H,2-10,13-14H2,1H3,(H,22,25). The molecule has 1 unspecified atom stereocenters. The Balaban J connectivity index is 1.54. The van der Waals surface area contributed by atoms with Crippen molar-refractivity contribution in [2.75, 3.05) is 38.1 Å². The minimum absolute atomic E-state index is 0.0880. The first-order valence-electron chi connectivity index (χ1n) is 10.7. The van der Waals surface area contributed by atoms with Crippen LogP contribution in [0.2, 0.25) is 0 Å². The number of nitrogens with one attached hydrogen (secondary N) is 1. The average molecular weight is 436 g/mol. The van der Waals surface area contributed by atoms with E-state index < -0.39 is 10.0 Å². The summed E-state index contributed by atoms with van der Waals surface area (Å²) in [7, 11) is -3.77. The van der Waals surface area contributed by atoms with Crippen LogP contribution in [-0.2, 0) is 19.6 Å². The maximum absolute atomic E-state index is 13.4. The molecule has 0 saturated carbocycles. The topological polar surface area (TPSA) is 96.0 Å². The van der Waals surface area contributed by atoms with Crippen molar-refractivity contribution in [2.24, 2.45) is 5.92 Å². The summed E-state index contributed by atoms with van der Waals surface area (Å²) in [6, 6.07) is 3.11. The van der Waals surface area contributed by atoms with Gasteiger partial charge in [0, 0.05) is 32.2 Å². The van der Waals surface area contributed by atoms with Gasteiger partial charge in [0.1, 0.15) is 5.75 Å². The summed E-state index contributed by atoms with van der Waals surface area (Å²) in [5.41, 5.74) is 1.02. The molecule has 3 aliphatic heterocycles. The molecule has 164 valence electrons. The Morgan fingerprint density at radius 2 is 1.83 bits per heavy atom. The van der Waals surface area contributed by atoms with Gasteiger partial charge in [0.2, 0.25) is 15.9 Å². The quantitative estimate of drug-likeness (QED) is 0.785. The molecule has 1 aromatic rings. The number of likely N-dealkylation sites (tertiary alicyclic amines) is 1. The van der Waals surface area contributed by atoms with E-state index in [1.165, 1.54) is 10.4 Å². The molecule has 1 N–H and O–H groups in total. The number of hydrogen-bond donors (Lipinski definition) is 1. The first kappa shape index (κ1) is 21.1. The normalized spacial score (nSPS) is 23.2. The second kappa shape index (κ2) is 8.55. The first-order chi connectivity index (χ1) is 14.4. The molecule has 4 rings (SSSR count). The Morgan fingerprint density at radius 1 is 1.10 bits per heavy atom. The Hall–Kier alpha value is -2.13. The summed E-state index contributed by atoms with van der Waals surface area (Å²) in [5, 5.41) is 2.70. The van der Waals surface area contributed by atoms with E-state index >= 15 is 0 Å². The van der Waals surface area contributed by atoms with Crippen LogP contribution in [0.3, 0.4) is 0 Å². The number of anilines is 1. The van der Waals surface area contributed by atoms with Gasteiger partial charge >= 0.3 is 0 Å². The predicted octanol–water partition coefficient (Wildman–Crippen LogP) is 2.13. The largest absolute Gasteiger partial charge is 0.482 e. The monoisotopic (exact) mass is 435 g/mol. The Bertz CT molecular complexity index is 938. The van der Waals surface area contributed by atoms with E-state index in [0.717, 1.165) is 45.2 Å². The highest BCUT2D eigenvalue weighted by molar-refractivity contribution is 7.89. The van der Waals surface area contributed by atoms with Gasteiger partial charge in [-0.1, -0.05) is 12.8 Å². The number of nitrogens with zero attached hydrogens (tertiary/aromatic N) is 2. The van der Waals surface area contributed by atoms with Gasteiger partial charge in [-0.2, -0.15) is 4.31 Å². The van der Waals surface area contributed by atoms with Crippen LogP contribution in [0.25, 0.3) is 0 Å². The molecule has 9 heteroatoms. The lowest BCUT2D eigenvalue weighted by atomic mass is 9.98. The van der Waals surface area contributed by atoms with Crippen LogP contribution in [0.4, 0.5) is 5.69 Å². The van der Waals surface area contributed by atoms with E-state index in [4.69, 9.17) is 4.74 Å². The number of fused-ring (bicyclic) bond motifs is 1. The summed E-state index contributed by atoms with van der Waals surface area (Å²) in [6.07, 6.45) is 5.72. The minimum Gasteiger partial charge on any atom is -0.482 e. The van der Waals surface area contributed by atoms with Crippen molar-refractivity contribution >= 4 is 27.5 Å². The Kier molecular flexibility index (Phi) is 6.02. The molecule has 0 radical (unpaired) electrons. The van der Waals surface area contributed by atoms with Crippen molar-refractivity contribution in [3.8, 4) is 5.75 Å². The summed E-state index contributed by atoms with van der Waals surface area (Å²) in [4.78, 5) is 26.7. The lowest BCUT2D eigenvalue weighted by molar-refractivity contribution is -0.136. The second-order valence-corrected chi connectivity index (χ2v) is 10.3. The summed E-state index contributed by atoms with van der Waals surface area (Å²) < 4.78 is 33.7.